The summed E-state index contributed by atoms with van der Waals surface area (Å²) in [6, 6.07) is 7.94. The van der Waals surface area contributed by atoms with Crippen LogP contribution in [-0.2, 0) is 4.79 Å². The van der Waals surface area contributed by atoms with Gasteiger partial charge in [-0.15, -0.1) is 0 Å². The zero-order valence-electron chi connectivity index (χ0n) is 13.1. The van der Waals surface area contributed by atoms with E-state index >= 15 is 0 Å². The highest BCUT2D eigenvalue weighted by atomic mass is 16.2. The molecular weight excluding hydrogens is 264 g/mol. The maximum absolute atomic E-state index is 12.1. The molecule has 0 unspecified atom stereocenters. The Morgan fingerprint density at radius 3 is 2.33 bits per heavy atom. The van der Waals surface area contributed by atoms with Gasteiger partial charge in [0.15, 0.2) is 0 Å². The number of piperazine rings is 1. The molecule has 0 saturated carbocycles. The van der Waals surface area contributed by atoms with Gasteiger partial charge in [-0.3, -0.25) is 4.79 Å². The van der Waals surface area contributed by atoms with Crippen molar-refractivity contribution in [2.75, 3.05) is 57.5 Å². The first kappa shape index (κ1) is 15.6. The third-order valence-electron chi connectivity index (χ3n) is 3.89. The Bertz CT molecular complexity index is 450. The fourth-order valence-corrected chi connectivity index (χ4v) is 2.60. The molecule has 5 nitrogen and oxygen atoms in total. The Morgan fingerprint density at radius 2 is 1.76 bits per heavy atom. The van der Waals surface area contributed by atoms with Crippen molar-refractivity contribution in [3.8, 4) is 0 Å². The molecule has 0 atom stereocenters. The number of anilines is 2. The lowest BCUT2D eigenvalue weighted by molar-refractivity contribution is -0.131. The van der Waals surface area contributed by atoms with Crippen molar-refractivity contribution in [1.29, 1.82) is 0 Å². The monoisotopic (exact) mass is 290 g/mol. The maximum Gasteiger partial charge on any atom is 0.222 e. The van der Waals surface area contributed by atoms with E-state index in [1.54, 1.807) is 0 Å². The van der Waals surface area contributed by atoms with Gasteiger partial charge in [0.2, 0.25) is 5.91 Å². The van der Waals surface area contributed by atoms with Gasteiger partial charge in [-0.05, 0) is 51.3 Å². The highest BCUT2D eigenvalue weighted by Crippen LogP contribution is 2.18. The number of nitrogens with two attached hydrogens (primary N) is 1. The van der Waals surface area contributed by atoms with Crippen molar-refractivity contribution in [3.05, 3.63) is 24.3 Å². The molecule has 2 N–H and O–H groups in total. The number of nitrogen functional groups attached to an aromatic ring is 1. The van der Waals surface area contributed by atoms with Crippen molar-refractivity contribution in [1.82, 2.24) is 9.80 Å². The van der Waals surface area contributed by atoms with Gasteiger partial charge in [-0.25, -0.2) is 0 Å². The standard InChI is InChI=1S/C16H26N4O/c1-18(2)9-3-4-16(21)20-12-10-19(11-13-20)15-7-5-14(17)6-8-15/h5-8H,3-4,9-13,17H2,1-2H3. The Kier molecular flexibility index (Phi) is 5.44. The van der Waals surface area contributed by atoms with Crippen LogP contribution in [0.1, 0.15) is 12.8 Å². The zero-order valence-corrected chi connectivity index (χ0v) is 13.1. The van der Waals surface area contributed by atoms with Crippen LogP contribution < -0.4 is 10.6 Å². The lowest BCUT2D eigenvalue weighted by atomic mass is 10.2. The minimum absolute atomic E-state index is 0.286. The van der Waals surface area contributed by atoms with Crippen LogP contribution in [0.3, 0.4) is 0 Å². The van der Waals surface area contributed by atoms with Crippen molar-refractivity contribution >= 4 is 17.3 Å². The molecule has 1 aromatic rings. The minimum Gasteiger partial charge on any atom is -0.399 e. The van der Waals surface area contributed by atoms with Crippen LogP contribution in [0.25, 0.3) is 0 Å². The van der Waals surface area contributed by atoms with Crippen LogP contribution in [0.5, 0.6) is 0 Å². The second-order valence-corrected chi connectivity index (χ2v) is 5.87. The topological polar surface area (TPSA) is 52.8 Å². The molecule has 21 heavy (non-hydrogen) atoms. The molecule has 1 saturated heterocycles. The van der Waals surface area contributed by atoms with Crippen LogP contribution in [0.4, 0.5) is 11.4 Å². The Labute approximate surface area is 127 Å². The van der Waals surface area contributed by atoms with Crippen molar-refractivity contribution in [2.24, 2.45) is 0 Å². The van der Waals surface area contributed by atoms with Crippen molar-refractivity contribution in [3.63, 3.8) is 0 Å². The lowest BCUT2D eigenvalue weighted by Crippen LogP contribution is -2.48. The first-order valence-electron chi connectivity index (χ1n) is 7.59. The lowest BCUT2D eigenvalue weighted by Gasteiger charge is -2.36. The van der Waals surface area contributed by atoms with Gasteiger partial charge in [-0.2, -0.15) is 0 Å². The first-order chi connectivity index (χ1) is 10.1. The van der Waals surface area contributed by atoms with E-state index < -0.39 is 0 Å². The number of nitrogens with zero attached hydrogens (tertiary/aromatic N) is 3. The van der Waals surface area contributed by atoms with Crippen LogP contribution in [-0.4, -0.2) is 62.5 Å². The molecule has 5 heteroatoms. The molecule has 0 radical (unpaired) electrons. The normalized spacial score (nSPS) is 15.6. The summed E-state index contributed by atoms with van der Waals surface area (Å²) in [5.74, 6) is 0.286. The summed E-state index contributed by atoms with van der Waals surface area (Å²) < 4.78 is 0. The predicted octanol–water partition coefficient (Wildman–Crippen LogP) is 1.26. The van der Waals surface area contributed by atoms with E-state index in [9.17, 15) is 4.79 Å². The molecule has 0 spiro atoms. The highest BCUT2D eigenvalue weighted by Gasteiger charge is 2.20. The molecule has 1 aliphatic heterocycles. The van der Waals surface area contributed by atoms with E-state index in [1.807, 2.05) is 43.3 Å². The summed E-state index contributed by atoms with van der Waals surface area (Å²) in [4.78, 5) is 18.6. The summed E-state index contributed by atoms with van der Waals surface area (Å²) in [7, 11) is 4.08. The number of hydrogen-bond donors (Lipinski definition) is 1. The van der Waals surface area contributed by atoms with Gasteiger partial charge in [0, 0.05) is 44.0 Å². The number of hydrogen-bond acceptors (Lipinski definition) is 4. The van der Waals surface area contributed by atoms with Crippen molar-refractivity contribution < 1.29 is 4.79 Å². The van der Waals surface area contributed by atoms with Gasteiger partial charge in [0.25, 0.3) is 0 Å². The molecular formula is C16H26N4O. The quantitative estimate of drug-likeness (QED) is 0.830. The summed E-state index contributed by atoms with van der Waals surface area (Å²) in [6.45, 7) is 4.38. The molecule has 0 aliphatic carbocycles. The third kappa shape index (κ3) is 4.63. The summed E-state index contributed by atoms with van der Waals surface area (Å²) in [6.07, 6.45) is 1.59. The number of benzene rings is 1. The smallest absolute Gasteiger partial charge is 0.222 e. The molecule has 0 aromatic heterocycles. The molecule has 1 aliphatic rings. The third-order valence-corrected chi connectivity index (χ3v) is 3.89. The molecule has 116 valence electrons. The molecule has 1 amide bonds. The predicted molar refractivity (Wildman–Crippen MR) is 87.4 cm³/mol. The van der Waals surface area contributed by atoms with Crippen LogP contribution in [0.15, 0.2) is 24.3 Å². The number of rotatable bonds is 5. The maximum atomic E-state index is 12.1. The van der Waals surface area contributed by atoms with Crippen molar-refractivity contribution in [2.45, 2.75) is 12.8 Å². The molecule has 1 fully saturated rings. The van der Waals surface area contributed by atoms with E-state index in [1.165, 1.54) is 5.69 Å². The second-order valence-electron chi connectivity index (χ2n) is 5.87. The number of carbonyl (C=O) groups excluding carboxylic acids is 1. The SMILES string of the molecule is CN(C)CCCC(=O)N1CCN(c2ccc(N)cc2)CC1. The second kappa shape index (κ2) is 7.31. The summed E-state index contributed by atoms with van der Waals surface area (Å²) in [5, 5.41) is 0. The van der Waals surface area contributed by atoms with Gasteiger partial charge in [0.1, 0.15) is 0 Å². The van der Waals surface area contributed by atoms with Gasteiger partial charge in [-0.1, -0.05) is 0 Å². The van der Waals surface area contributed by atoms with Crippen LogP contribution >= 0.6 is 0 Å². The Morgan fingerprint density at radius 1 is 1.14 bits per heavy atom. The number of carbonyl (C=O) groups is 1. The molecule has 0 bridgehead atoms. The largest absolute Gasteiger partial charge is 0.399 e. The highest BCUT2D eigenvalue weighted by molar-refractivity contribution is 5.76. The van der Waals surface area contributed by atoms with E-state index in [4.69, 9.17) is 5.73 Å². The van der Waals surface area contributed by atoms with Gasteiger partial charge >= 0.3 is 0 Å². The van der Waals surface area contributed by atoms with Crippen LogP contribution in [0.2, 0.25) is 0 Å². The van der Waals surface area contributed by atoms with Gasteiger partial charge in [0.05, 0.1) is 0 Å². The fraction of sp³-hybridized carbons (Fsp3) is 0.562. The number of amides is 1. The van der Waals surface area contributed by atoms with E-state index in [2.05, 4.69) is 9.80 Å². The van der Waals surface area contributed by atoms with Gasteiger partial charge < -0.3 is 20.4 Å². The van der Waals surface area contributed by atoms with E-state index in [-0.39, 0.29) is 5.91 Å². The first-order valence-corrected chi connectivity index (χ1v) is 7.59. The Hall–Kier alpha value is -1.75. The van der Waals surface area contributed by atoms with E-state index in [0.29, 0.717) is 6.42 Å². The molecule has 2 rings (SSSR count). The zero-order chi connectivity index (χ0) is 15.2. The molecule has 1 heterocycles. The summed E-state index contributed by atoms with van der Waals surface area (Å²) >= 11 is 0. The molecule has 1 aromatic carbocycles. The van der Waals surface area contributed by atoms with E-state index in [0.717, 1.165) is 44.8 Å². The minimum atomic E-state index is 0.286. The summed E-state index contributed by atoms with van der Waals surface area (Å²) in [5.41, 5.74) is 7.68. The Balaban J connectivity index is 1.77. The average molecular weight is 290 g/mol. The average Bonchev–Trinajstić information content (AvgIpc) is 2.48. The van der Waals surface area contributed by atoms with Crippen LogP contribution in [0, 0.1) is 0 Å². The fourth-order valence-electron chi connectivity index (χ4n) is 2.60.